The SMILES string of the molecule is COC(=O)C1=C(C(=O)OC)N(c2cc(Oc3cccc(Cl)c3Cl)c(Cl)cc2[N+](=O)[O-])C(N)=C(C#N)C1c1ccccc1. The Balaban J connectivity index is 2.08. The van der Waals surface area contributed by atoms with Gasteiger partial charge in [0.25, 0.3) is 5.69 Å². The van der Waals surface area contributed by atoms with Crippen LogP contribution in [0, 0.1) is 21.4 Å². The number of carbonyl (C=O) groups excluding carboxylic acids is 2. The van der Waals surface area contributed by atoms with Crippen LogP contribution < -0.4 is 15.4 Å². The molecule has 11 nitrogen and oxygen atoms in total. The van der Waals surface area contributed by atoms with Crippen LogP contribution in [0.2, 0.25) is 15.1 Å². The predicted octanol–water partition coefficient (Wildman–Crippen LogP) is 6.25. The molecule has 0 saturated carbocycles. The lowest BCUT2D eigenvalue weighted by Crippen LogP contribution is -2.41. The minimum Gasteiger partial charge on any atom is -0.466 e. The number of hydrogen-bond donors (Lipinski definition) is 1. The zero-order valence-corrected chi connectivity index (χ0v) is 24.0. The summed E-state index contributed by atoms with van der Waals surface area (Å²) in [5, 5.41) is 22.5. The largest absolute Gasteiger partial charge is 0.466 e. The molecule has 0 saturated heterocycles. The summed E-state index contributed by atoms with van der Waals surface area (Å²) in [6.07, 6.45) is 0. The number of carbonyl (C=O) groups is 2. The maximum absolute atomic E-state index is 13.4. The highest BCUT2D eigenvalue weighted by atomic mass is 35.5. The molecular formula is C28H19Cl3N4O7. The normalized spacial score (nSPS) is 14.8. The minimum absolute atomic E-state index is 0.0353. The van der Waals surface area contributed by atoms with Crippen molar-refractivity contribution < 1.29 is 28.7 Å². The molecule has 0 fully saturated rings. The van der Waals surface area contributed by atoms with Gasteiger partial charge in [0.2, 0.25) is 0 Å². The number of nitrogens with zero attached hydrogens (tertiary/aromatic N) is 3. The average Bonchev–Trinajstić information content (AvgIpc) is 2.99. The summed E-state index contributed by atoms with van der Waals surface area (Å²) in [4.78, 5) is 39.0. The summed E-state index contributed by atoms with van der Waals surface area (Å²) in [6.45, 7) is 0. The van der Waals surface area contributed by atoms with Crippen LogP contribution in [0.3, 0.4) is 0 Å². The van der Waals surface area contributed by atoms with Crippen LogP contribution in [0.5, 0.6) is 11.5 Å². The number of nitrogens with two attached hydrogens (primary N) is 1. The van der Waals surface area contributed by atoms with Crippen molar-refractivity contribution in [2.75, 3.05) is 19.1 Å². The Bertz CT molecular complexity index is 1720. The molecule has 0 spiro atoms. The Morgan fingerprint density at radius 2 is 1.64 bits per heavy atom. The number of hydrogen-bond acceptors (Lipinski definition) is 10. The van der Waals surface area contributed by atoms with Gasteiger partial charge >= 0.3 is 11.9 Å². The van der Waals surface area contributed by atoms with Crippen LogP contribution in [-0.2, 0) is 19.1 Å². The quantitative estimate of drug-likeness (QED) is 0.180. The Kier molecular flexibility index (Phi) is 8.92. The van der Waals surface area contributed by atoms with Gasteiger partial charge in [0.1, 0.15) is 33.7 Å². The summed E-state index contributed by atoms with van der Waals surface area (Å²) in [5.74, 6) is -3.76. The average molecular weight is 630 g/mol. The highest BCUT2D eigenvalue weighted by molar-refractivity contribution is 6.43. The summed E-state index contributed by atoms with van der Waals surface area (Å²) < 4.78 is 15.8. The van der Waals surface area contributed by atoms with E-state index in [9.17, 15) is 25.0 Å². The van der Waals surface area contributed by atoms with E-state index < -0.39 is 40.0 Å². The standard InChI is InChI=1S/C28H19Cl3N4O7/c1-40-27(36)23-22(14-7-4-3-5-8-14)15(13-32)26(33)34(25(23)28(37)41-2)18-12-21(17(30)11-19(18)35(38)39)42-20-10-6-9-16(29)24(20)31/h3-12,22H,33H2,1-2H3. The Morgan fingerprint density at radius 1 is 0.976 bits per heavy atom. The van der Waals surface area contributed by atoms with Gasteiger partial charge in [0, 0.05) is 12.1 Å². The number of allylic oxidation sites excluding steroid dienone is 1. The first-order chi connectivity index (χ1) is 20.0. The first kappa shape index (κ1) is 30.2. The van der Waals surface area contributed by atoms with Gasteiger partial charge in [0.15, 0.2) is 0 Å². The van der Waals surface area contributed by atoms with Gasteiger partial charge in [-0.2, -0.15) is 5.26 Å². The maximum Gasteiger partial charge on any atom is 0.355 e. The van der Waals surface area contributed by atoms with Gasteiger partial charge in [0.05, 0.1) is 52.3 Å². The van der Waals surface area contributed by atoms with E-state index in [1.165, 1.54) is 12.1 Å². The second-order valence-electron chi connectivity index (χ2n) is 8.52. The highest BCUT2D eigenvalue weighted by Crippen LogP contribution is 2.48. The number of methoxy groups -OCH3 is 2. The fourth-order valence-electron chi connectivity index (χ4n) is 4.38. The lowest BCUT2D eigenvalue weighted by molar-refractivity contribution is -0.384. The van der Waals surface area contributed by atoms with Gasteiger partial charge in [-0.1, -0.05) is 71.2 Å². The van der Waals surface area contributed by atoms with Crippen LogP contribution >= 0.6 is 34.8 Å². The fourth-order valence-corrected chi connectivity index (χ4v) is 4.91. The van der Waals surface area contributed by atoms with Crippen molar-refractivity contribution in [1.82, 2.24) is 0 Å². The molecule has 0 aliphatic carbocycles. The lowest BCUT2D eigenvalue weighted by atomic mass is 9.81. The molecule has 1 unspecified atom stereocenters. The molecular weight excluding hydrogens is 611 g/mol. The molecule has 0 aromatic heterocycles. The van der Waals surface area contributed by atoms with Crippen LogP contribution in [0.4, 0.5) is 11.4 Å². The summed E-state index contributed by atoms with van der Waals surface area (Å²) in [7, 11) is 2.13. The molecule has 2 N–H and O–H groups in total. The highest BCUT2D eigenvalue weighted by Gasteiger charge is 2.44. The summed E-state index contributed by atoms with van der Waals surface area (Å²) in [6, 6.07) is 16.9. The molecule has 14 heteroatoms. The van der Waals surface area contributed by atoms with Crippen molar-refractivity contribution in [1.29, 1.82) is 5.26 Å². The van der Waals surface area contributed by atoms with Gasteiger partial charge in [-0.3, -0.25) is 15.0 Å². The van der Waals surface area contributed by atoms with Crippen molar-refractivity contribution >= 4 is 58.1 Å². The fraction of sp³-hybridized carbons (Fsp3) is 0.107. The summed E-state index contributed by atoms with van der Waals surface area (Å²) >= 11 is 18.7. The molecule has 214 valence electrons. The molecule has 1 atom stereocenters. The van der Waals surface area contributed by atoms with Crippen molar-refractivity contribution in [3.8, 4) is 17.6 Å². The van der Waals surface area contributed by atoms with Gasteiger partial charge < -0.3 is 19.9 Å². The van der Waals surface area contributed by atoms with Crippen LogP contribution in [0.15, 0.2) is 83.3 Å². The van der Waals surface area contributed by atoms with Crippen molar-refractivity contribution in [2.24, 2.45) is 5.73 Å². The molecule has 4 rings (SSSR count). The number of rotatable bonds is 7. The monoisotopic (exact) mass is 628 g/mol. The van der Waals surface area contributed by atoms with E-state index in [1.807, 2.05) is 6.07 Å². The number of esters is 2. The number of ether oxygens (including phenoxy) is 3. The van der Waals surface area contributed by atoms with E-state index in [2.05, 4.69) is 0 Å². The van der Waals surface area contributed by atoms with Crippen molar-refractivity contribution in [3.63, 3.8) is 0 Å². The summed E-state index contributed by atoms with van der Waals surface area (Å²) in [5.41, 5.74) is 4.83. The molecule has 1 aliphatic rings. The van der Waals surface area contributed by atoms with E-state index in [-0.39, 0.29) is 43.4 Å². The molecule has 0 amide bonds. The Morgan fingerprint density at radius 3 is 2.24 bits per heavy atom. The van der Waals surface area contributed by atoms with Crippen LogP contribution in [0.25, 0.3) is 0 Å². The van der Waals surface area contributed by atoms with Crippen LogP contribution in [-0.4, -0.2) is 31.1 Å². The lowest BCUT2D eigenvalue weighted by Gasteiger charge is -2.35. The van der Waals surface area contributed by atoms with Gasteiger partial charge in [-0.15, -0.1) is 0 Å². The second-order valence-corrected chi connectivity index (χ2v) is 9.71. The van der Waals surface area contributed by atoms with E-state index in [4.69, 9.17) is 54.7 Å². The molecule has 42 heavy (non-hydrogen) atoms. The van der Waals surface area contributed by atoms with E-state index in [0.29, 0.717) is 5.56 Å². The number of benzene rings is 3. The number of halogens is 3. The second kappa shape index (κ2) is 12.4. The maximum atomic E-state index is 13.4. The topological polar surface area (TPSA) is 158 Å². The van der Waals surface area contributed by atoms with Gasteiger partial charge in [-0.05, 0) is 17.7 Å². The Hall–Kier alpha value is -4.76. The molecule has 3 aromatic carbocycles. The minimum atomic E-state index is -1.18. The van der Waals surface area contributed by atoms with E-state index in [0.717, 1.165) is 31.3 Å². The number of nitro groups is 1. The number of nitro benzene ring substituents is 1. The van der Waals surface area contributed by atoms with Crippen LogP contribution in [0.1, 0.15) is 11.5 Å². The molecule has 1 aliphatic heterocycles. The Labute approximate surface area is 254 Å². The first-order valence-electron chi connectivity index (χ1n) is 11.8. The van der Waals surface area contributed by atoms with E-state index in [1.54, 1.807) is 36.4 Å². The third kappa shape index (κ3) is 5.43. The third-order valence-corrected chi connectivity index (χ3v) is 7.31. The molecule has 0 radical (unpaired) electrons. The number of nitriles is 1. The van der Waals surface area contributed by atoms with Gasteiger partial charge in [-0.25, -0.2) is 9.59 Å². The number of anilines is 1. The smallest absolute Gasteiger partial charge is 0.355 e. The third-order valence-electron chi connectivity index (χ3n) is 6.21. The van der Waals surface area contributed by atoms with E-state index >= 15 is 0 Å². The molecule has 1 heterocycles. The first-order valence-corrected chi connectivity index (χ1v) is 12.9. The predicted molar refractivity (Wildman–Crippen MR) is 154 cm³/mol. The zero-order chi connectivity index (χ0) is 30.7. The van der Waals surface area contributed by atoms with Crippen molar-refractivity contribution in [3.05, 3.63) is 114 Å². The molecule has 0 bridgehead atoms. The zero-order valence-electron chi connectivity index (χ0n) is 21.8. The molecule has 3 aromatic rings. The van der Waals surface area contributed by atoms with Crippen molar-refractivity contribution in [2.45, 2.75) is 5.92 Å².